The Morgan fingerprint density at radius 2 is 1.70 bits per heavy atom. The highest BCUT2D eigenvalue weighted by atomic mass is 32.1. The van der Waals surface area contributed by atoms with Gasteiger partial charge in [0.2, 0.25) is 0 Å². The van der Waals surface area contributed by atoms with Gasteiger partial charge >= 0.3 is 11.7 Å². The molecule has 0 amide bonds. The van der Waals surface area contributed by atoms with Gasteiger partial charge in [0.15, 0.2) is 0 Å². The third-order valence-electron chi connectivity index (χ3n) is 7.32. The summed E-state index contributed by atoms with van der Waals surface area (Å²) < 4.78 is 13.2. The molecule has 0 aliphatic heterocycles. The lowest BCUT2D eigenvalue weighted by Crippen LogP contribution is -2.40. The summed E-state index contributed by atoms with van der Waals surface area (Å²) in [5.41, 5.74) is 3.40. The largest absolute Gasteiger partial charge is 0.497 e. The SMILES string of the molecule is CCOC(=O)C=C(Cn1c(=O)c2cc(CC)sc2n(Cc2ccc(-c3ccccc3C#N)cc2)c1=O)c1ccc(OC)cc1. The number of rotatable bonds is 10. The summed E-state index contributed by atoms with van der Waals surface area (Å²) in [4.78, 5) is 42.0. The van der Waals surface area contributed by atoms with Crippen molar-refractivity contribution in [2.24, 2.45) is 0 Å². The molecule has 0 N–H and O–H groups in total. The molecule has 5 rings (SSSR count). The first kappa shape index (κ1) is 30.3. The molecule has 0 aliphatic rings. The van der Waals surface area contributed by atoms with Crippen LogP contribution in [0.15, 0.2) is 94.5 Å². The summed E-state index contributed by atoms with van der Waals surface area (Å²) >= 11 is 1.43. The maximum atomic E-state index is 14.1. The fourth-order valence-corrected chi connectivity index (χ4v) is 6.11. The Kier molecular flexibility index (Phi) is 9.22. The van der Waals surface area contributed by atoms with E-state index in [0.29, 0.717) is 32.7 Å². The zero-order valence-electron chi connectivity index (χ0n) is 24.7. The molecule has 0 unspecified atom stereocenters. The summed E-state index contributed by atoms with van der Waals surface area (Å²) in [7, 11) is 1.56. The summed E-state index contributed by atoms with van der Waals surface area (Å²) in [6.07, 6.45) is 2.05. The first-order chi connectivity index (χ1) is 21.4. The normalized spacial score (nSPS) is 11.4. The van der Waals surface area contributed by atoms with Gasteiger partial charge in [0.1, 0.15) is 10.6 Å². The lowest BCUT2D eigenvalue weighted by Gasteiger charge is -2.15. The van der Waals surface area contributed by atoms with Gasteiger partial charge in [-0.15, -0.1) is 11.3 Å². The predicted molar refractivity (Wildman–Crippen MR) is 173 cm³/mol. The summed E-state index contributed by atoms with van der Waals surface area (Å²) in [6, 6.07) is 26.2. The van der Waals surface area contributed by atoms with Crippen LogP contribution in [0.3, 0.4) is 0 Å². The highest BCUT2D eigenvalue weighted by molar-refractivity contribution is 7.18. The Balaban J connectivity index is 1.59. The van der Waals surface area contributed by atoms with Gasteiger partial charge < -0.3 is 9.47 Å². The number of benzene rings is 3. The first-order valence-electron chi connectivity index (χ1n) is 14.2. The number of aromatic nitrogens is 2. The van der Waals surface area contributed by atoms with E-state index in [0.717, 1.165) is 28.0 Å². The molecule has 2 aromatic heterocycles. The Bertz CT molecular complexity index is 2010. The molecule has 0 saturated heterocycles. The van der Waals surface area contributed by atoms with Crippen LogP contribution in [-0.4, -0.2) is 28.8 Å². The number of hydrogen-bond donors (Lipinski definition) is 0. The van der Waals surface area contributed by atoms with E-state index in [4.69, 9.17) is 9.47 Å². The van der Waals surface area contributed by atoms with E-state index in [-0.39, 0.29) is 19.7 Å². The number of allylic oxidation sites excluding steroid dienone is 1. The number of fused-ring (bicyclic) bond motifs is 1. The van der Waals surface area contributed by atoms with Crippen LogP contribution in [0.25, 0.3) is 26.9 Å². The predicted octanol–water partition coefficient (Wildman–Crippen LogP) is 6.03. The number of esters is 1. The average molecular weight is 606 g/mol. The minimum atomic E-state index is -0.561. The lowest BCUT2D eigenvalue weighted by molar-refractivity contribution is -0.137. The molecule has 9 heteroatoms. The van der Waals surface area contributed by atoms with Gasteiger partial charge in [0.05, 0.1) is 43.8 Å². The number of nitriles is 1. The molecule has 44 heavy (non-hydrogen) atoms. The molecule has 0 bridgehead atoms. The van der Waals surface area contributed by atoms with E-state index in [1.807, 2.05) is 55.5 Å². The molecule has 5 aromatic rings. The maximum Gasteiger partial charge on any atom is 0.332 e. The lowest BCUT2D eigenvalue weighted by atomic mass is 9.99. The molecule has 3 aromatic carbocycles. The monoisotopic (exact) mass is 605 g/mol. The molecular formula is C35H31N3O5S. The molecule has 0 aliphatic carbocycles. The topological polar surface area (TPSA) is 103 Å². The van der Waals surface area contributed by atoms with Gasteiger partial charge in [-0.1, -0.05) is 61.5 Å². The molecule has 222 valence electrons. The van der Waals surface area contributed by atoms with Gasteiger partial charge in [-0.25, -0.2) is 9.59 Å². The fourth-order valence-electron chi connectivity index (χ4n) is 5.03. The molecule has 0 fully saturated rings. The molecular weight excluding hydrogens is 574 g/mol. The van der Waals surface area contributed by atoms with Crippen molar-refractivity contribution in [1.29, 1.82) is 5.26 Å². The number of carbonyl (C=O) groups excluding carboxylic acids is 1. The van der Waals surface area contributed by atoms with Crippen LogP contribution in [0.2, 0.25) is 0 Å². The number of hydrogen-bond acceptors (Lipinski definition) is 7. The molecule has 0 saturated carbocycles. The Hall–Kier alpha value is -5.20. The van der Waals surface area contributed by atoms with Crippen molar-refractivity contribution in [3.05, 3.63) is 127 Å². The molecule has 2 heterocycles. The van der Waals surface area contributed by atoms with Crippen molar-refractivity contribution >= 4 is 33.1 Å². The van der Waals surface area contributed by atoms with Gasteiger partial charge in [0.25, 0.3) is 5.56 Å². The van der Waals surface area contributed by atoms with E-state index in [9.17, 15) is 19.6 Å². The van der Waals surface area contributed by atoms with Crippen molar-refractivity contribution in [2.75, 3.05) is 13.7 Å². The Labute approximate surface area is 258 Å². The number of nitrogens with zero attached hydrogens (tertiary/aromatic N) is 3. The van der Waals surface area contributed by atoms with Crippen molar-refractivity contribution in [3.63, 3.8) is 0 Å². The second-order valence-electron chi connectivity index (χ2n) is 10.0. The highest BCUT2D eigenvalue weighted by Crippen LogP contribution is 2.26. The summed E-state index contributed by atoms with van der Waals surface area (Å²) in [5, 5.41) is 9.97. The third-order valence-corrected chi connectivity index (χ3v) is 8.62. The zero-order chi connectivity index (χ0) is 31.2. The first-order valence-corrected chi connectivity index (χ1v) is 15.0. The Morgan fingerprint density at radius 3 is 2.36 bits per heavy atom. The van der Waals surface area contributed by atoms with Crippen LogP contribution >= 0.6 is 11.3 Å². The van der Waals surface area contributed by atoms with E-state index >= 15 is 0 Å². The molecule has 0 spiro atoms. The minimum Gasteiger partial charge on any atom is -0.497 e. The van der Waals surface area contributed by atoms with Crippen LogP contribution in [0.4, 0.5) is 0 Å². The number of carbonyl (C=O) groups is 1. The van der Waals surface area contributed by atoms with Crippen LogP contribution < -0.4 is 16.0 Å². The molecule has 0 atom stereocenters. The van der Waals surface area contributed by atoms with Crippen LogP contribution in [-0.2, 0) is 29.0 Å². The van der Waals surface area contributed by atoms with E-state index in [2.05, 4.69) is 6.07 Å². The van der Waals surface area contributed by atoms with Crippen LogP contribution in [0, 0.1) is 11.3 Å². The summed E-state index contributed by atoms with van der Waals surface area (Å²) in [6.45, 7) is 4.03. The second kappa shape index (κ2) is 13.4. The van der Waals surface area contributed by atoms with E-state index < -0.39 is 17.2 Å². The standard InChI is InChI=1S/C35H31N3O5S/c1-4-29-19-31-33(40)37(22-27(18-32(39)43-5-2)24-14-16-28(42-3)17-15-24)35(41)38(34(31)44-29)21-23-10-12-25(13-11-23)30-9-7-6-8-26(30)20-36/h6-19H,4-5,21-22H2,1-3H3. The smallest absolute Gasteiger partial charge is 0.332 e. The van der Waals surface area contributed by atoms with Crippen LogP contribution in [0.5, 0.6) is 5.75 Å². The van der Waals surface area contributed by atoms with Crippen molar-refractivity contribution in [1.82, 2.24) is 9.13 Å². The van der Waals surface area contributed by atoms with Crippen LogP contribution in [0.1, 0.15) is 35.4 Å². The van der Waals surface area contributed by atoms with Crippen molar-refractivity contribution in [2.45, 2.75) is 33.4 Å². The fraction of sp³-hybridized carbons (Fsp3) is 0.200. The minimum absolute atomic E-state index is 0.125. The number of methoxy groups -OCH3 is 1. The third kappa shape index (κ3) is 6.26. The number of thiophene rings is 1. The van der Waals surface area contributed by atoms with Crippen molar-refractivity contribution < 1.29 is 14.3 Å². The molecule has 8 nitrogen and oxygen atoms in total. The van der Waals surface area contributed by atoms with Crippen molar-refractivity contribution in [3.8, 4) is 22.9 Å². The van der Waals surface area contributed by atoms with Gasteiger partial charge in [-0.3, -0.25) is 13.9 Å². The number of ether oxygens (including phenoxy) is 2. The van der Waals surface area contributed by atoms with E-state index in [1.54, 1.807) is 48.9 Å². The average Bonchev–Trinajstić information content (AvgIpc) is 3.50. The summed E-state index contributed by atoms with van der Waals surface area (Å²) in [5.74, 6) is 0.0762. The number of aryl methyl sites for hydroxylation is 1. The Morgan fingerprint density at radius 1 is 0.977 bits per heavy atom. The zero-order valence-corrected chi connectivity index (χ0v) is 25.5. The van der Waals surface area contributed by atoms with Gasteiger partial charge in [-0.2, -0.15) is 5.26 Å². The second-order valence-corrected chi connectivity index (χ2v) is 11.2. The highest BCUT2D eigenvalue weighted by Gasteiger charge is 2.19. The maximum absolute atomic E-state index is 14.1. The quantitative estimate of drug-likeness (QED) is 0.142. The van der Waals surface area contributed by atoms with E-state index in [1.165, 1.54) is 22.0 Å². The molecule has 0 radical (unpaired) electrons. The van der Waals surface area contributed by atoms with Gasteiger partial charge in [0, 0.05) is 11.0 Å². The van der Waals surface area contributed by atoms with Gasteiger partial charge in [-0.05, 0) is 65.4 Å².